The molecule has 2 amide bonds. The summed E-state index contributed by atoms with van der Waals surface area (Å²) in [5.74, 6) is -0.137. The van der Waals surface area contributed by atoms with E-state index in [1.807, 2.05) is 60.7 Å². The summed E-state index contributed by atoms with van der Waals surface area (Å²) in [6, 6.07) is 31.0. The number of carbonyl (C=O) groups excluding carboxylic acids is 2. The van der Waals surface area contributed by atoms with Crippen molar-refractivity contribution >= 4 is 27.5 Å². The minimum absolute atomic E-state index is 0.0319. The maximum Gasteiger partial charge on any atom is 0.264 e. The number of nitrogens with zero attached hydrogens (tertiary/aromatic N) is 2. The van der Waals surface area contributed by atoms with Gasteiger partial charge in [-0.05, 0) is 48.2 Å². The normalized spacial score (nSPS) is 14.0. The van der Waals surface area contributed by atoms with E-state index in [4.69, 9.17) is 9.47 Å². The van der Waals surface area contributed by atoms with Crippen LogP contribution in [0.5, 0.6) is 11.5 Å². The Labute approximate surface area is 283 Å². The number of carbonyl (C=O) groups is 2. The minimum Gasteiger partial charge on any atom is -0.493 e. The average Bonchev–Trinajstić information content (AvgIpc) is 3.13. The van der Waals surface area contributed by atoms with E-state index in [9.17, 15) is 18.0 Å². The van der Waals surface area contributed by atoms with Crippen LogP contribution in [-0.4, -0.2) is 58.0 Å². The summed E-state index contributed by atoms with van der Waals surface area (Å²) < 4.78 is 40.5. The Kier molecular flexibility index (Phi) is 11.7. The highest BCUT2D eigenvalue weighted by molar-refractivity contribution is 7.92. The van der Waals surface area contributed by atoms with Crippen molar-refractivity contribution in [2.24, 2.45) is 0 Å². The molecule has 1 saturated carbocycles. The Morgan fingerprint density at radius 2 is 1.35 bits per heavy atom. The standard InChI is InChI=1S/C38H43N3O6S/c1-46-35-24-23-33(26-36(35)47-2)48(44,45)41(32-21-13-6-14-22-32)28-37(42)40(27-30-17-9-4-10-18-30)34(25-29-15-7-3-8-16-29)38(43)39-31-19-11-5-12-20-31/h3-4,6-10,13-18,21-24,26,31,34H,5,11-12,19-20,25,27-28H2,1-2H3,(H,39,43)/t34-/m1/s1. The molecule has 1 fully saturated rings. The van der Waals surface area contributed by atoms with Gasteiger partial charge in [-0.1, -0.05) is 98.1 Å². The molecule has 9 nitrogen and oxygen atoms in total. The topological polar surface area (TPSA) is 105 Å². The molecular weight excluding hydrogens is 627 g/mol. The van der Waals surface area contributed by atoms with Gasteiger partial charge in [0.25, 0.3) is 10.0 Å². The molecule has 1 aliphatic carbocycles. The molecule has 0 aromatic heterocycles. The number of anilines is 1. The van der Waals surface area contributed by atoms with E-state index in [0.29, 0.717) is 11.4 Å². The summed E-state index contributed by atoms with van der Waals surface area (Å²) in [5.41, 5.74) is 2.03. The molecule has 4 aromatic rings. The van der Waals surface area contributed by atoms with Gasteiger partial charge in [0.15, 0.2) is 11.5 Å². The molecule has 0 aliphatic heterocycles. The van der Waals surface area contributed by atoms with Crippen LogP contribution in [-0.2, 0) is 32.6 Å². The van der Waals surface area contributed by atoms with Crippen LogP contribution in [0.2, 0.25) is 0 Å². The average molecular weight is 670 g/mol. The van der Waals surface area contributed by atoms with Crippen LogP contribution in [0.15, 0.2) is 114 Å². The molecule has 0 unspecified atom stereocenters. The fraction of sp³-hybridized carbons (Fsp3) is 0.316. The Hall–Kier alpha value is -4.83. The highest BCUT2D eigenvalue weighted by Gasteiger charge is 2.35. The molecule has 0 bridgehead atoms. The zero-order valence-electron chi connectivity index (χ0n) is 27.5. The van der Waals surface area contributed by atoms with Crippen LogP contribution in [0, 0.1) is 0 Å². The van der Waals surface area contributed by atoms with Gasteiger partial charge in [0, 0.05) is 25.1 Å². The quantitative estimate of drug-likeness (QED) is 0.177. The van der Waals surface area contributed by atoms with Crippen molar-refractivity contribution in [2.75, 3.05) is 25.1 Å². The lowest BCUT2D eigenvalue weighted by Gasteiger charge is -2.35. The summed E-state index contributed by atoms with van der Waals surface area (Å²) in [7, 11) is -1.39. The Balaban J connectivity index is 1.55. The lowest BCUT2D eigenvalue weighted by atomic mass is 9.94. The number of nitrogens with one attached hydrogen (secondary N) is 1. The van der Waals surface area contributed by atoms with Crippen LogP contribution in [0.4, 0.5) is 5.69 Å². The number of hydrogen-bond donors (Lipinski definition) is 1. The third-order valence-electron chi connectivity index (χ3n) is 8.68. The number of amides is 2. The highest BCUT2D eigenvalue weighted by atomic mass is 32.2. The van der Waals surface area contributed by atoms with Gasteiger partial charge in [0.1, 0.15) is 12.6 Å². The molecule has 1 N–H and O–H groups in total. The Bertz CT molecular complexity index is 1750. The first kappa shape index (κ1) is 34.5. The summed E-state index contributed by atoms with van der Waals surface area (Å²) in [5, 5.41) is 3.23. The fourth-order valence-electron chi connectivity index (χ4n) is 6.11. The summed E-state index contributed by atoms with van der Waals surface area (Å²) in [4.78, 5) is 30.3. The van der Waals surface area contributed by atoms with Gasteiger partial charge in [-0.3, -0.25) is 13.9 Å². The molecule has 1 atom stereocenters. The van der Waals surface area contributed by atoms with E-state index >= 15 is 0 Å². The van der Waals surface area contributed by atoms with Gasteiger partial charge >= 0.3 is 0 Å². The van der Waals surface area contributed by atoms with Crippen molar-refractivity contribution in [3.8, 4) is 11.5 Å². The van der Waals surface area contributed by atoms with E-state index < -0.39 is 28.5 Å². The monoisotopic (exact) mass is 669 g/mol. The number of benzene rings is 4. The highest BCUT2D eigenvalue weighted by Crippen LogP contribution is 2.32. The lowest BCUT2D eigenvalue weighted by molar-refractivity contribution is -0.140. The van der Waals surface area contributed by atoms with Crippen LogP contribution < -0.4 is 19.1 Å². The van der Waals surface area contributed by atoms with Gasteiger partial charge in [-0.25, -0.2) is 8.42 Å². The number of rotatable bonds is 14. The summed E-state index contributed by atoms with van der Waals surface area (Å²) >= 11 is 0. The fourth-order valence-corrected chi connectivity index (χ4v) is 7.54. The summed E-state index contributed by atoms with van der Waals surface area (Å²) in [6.45, 7) is -0.413. The third-order valence-corrected chi connectivity index (χ3v) is 10.5. The van der Waals surface area contributed by atoms with Gasteiger partial charge in [0.05, 0.1) is 24.8 Å². The van der Waals surface area contributed by atoms with Crippen LogP contribution in [0.1, 0.15) is 43.2 Å². The Morgan fingerprint density at radius 1 is 0.771 bits per heavy atom. The largest absolute Gasteiger partial charge is 0.493 e. The molecule has 0 spiro atoms. The number of para-hydroxylation sites is 1. The smallest absolute Gasteiger partial charge is 0.264 e. The van der Waals surface area contributed by atoms with Gasteiger partial charge in [0.2, 0.25) is 11.8 Å². The third kappa shape index (κ3) is 8.55. The van der Waals surface area contributed by atoms with Crippen molar-refractivity contribution in [1.82, 2.24) is 10.2 Å². The van der Waals surface area contributed by atoms with Crippen molar-refractivity contribution < 1.29 is 27.5 Å². The molecule has 0 heterocycles. The molecule has 48 heavy (non-hydrogen) atoms. The zero-order chi connectivity index (χ0) is 33.9. The maximum atomic E-state index is 14.7. The van der Waals surface area contributed by atoms with E-state index in [1.165, 1.54) is 37.3 Å². The molecule has 0 saturated heterocycles. The number of ether oxygens (including phenoxy) is 2. The van der Waals surface area contributed by atoms with Crippen molar-refractivity contribution in [2.45, 2.75) is 62.0 Å². The van der Waals surface area contributed by atoms with Crippen LogP contribution in [0.25, 0.3) is 0 Å². The van der Waals surface area contributed by atoms with E-state index in [1.54, 1.807) is 30.3 Å². The SMILES string of the molecule is COc1ccc(S(=O)(=O)N(CC(=O)N(Cc2ccccc2)[C@H](Cc2ccccc2)C(=O)NC2CCCCC2)c2ccccc2)cc1OC. The first-order chi connectivity index (χ1) is 23.3. The van der Waals surface area contributed by atoms with Crippen LogP contribution >= 0.6 is 0 Å². The molecule has 5 rings (SSSR count). The minimum atomic E-state index is -4.29. The second-order valence-corrected chi connectivity index (χ2v) is 13.8. The second kappa shape index (κ2) is 16.3. The lowest BCUT2D eigenvalue weighted by Crippen LogP contribution is -2.55. The summed E-state index contributed by atoms with van der Waals surface area (Å²) in [6.07, 6.45) is 5.28. The predicted octanol–water partition coefficient (Wildman–Crippen LogP) is 5.99. The number of hydrogen-bond acceptors (Lipinski definition) is 6. The van der Waals surface area contributed by atoms with Crippen LogP contribution in [0.3, 0.4) is 0 Å². The van der Waals surface area contributed by atoms with Gasteiger partial charge in [-0.15, -0.1) is 0 Å². The second-order valence-electron chi connectivity index (χ2n) is 11.9. The first-order valence-corrected chi connectivity index (χ1v) is 17.7. The molecular formula is C38H43N3O6S. The Morgan fingerprint density at radius 3 is 1.96 bits per heavy atom. The molecule has 1 aliphatic rings. The number of sulfonamides is 1. The molecule has 10 heteroatoms. The maximum absolute atomic E-state index is 14.7. The van der Waals surface area contributed by atoms with Gasteiger partial charge in [-0.2, -0.15) is 0 Å². The van der Waals surface area contributed by atoms with E-state index in [-0.39, 0.29) is 35.6 Å². The number of methoxy groups -OCH3 is 2. The molecule has 4 aromatic carbocycles. The molecule has 252 valence electrons. The molecule has 0 radical (unpaired) electrons. The first-order valence-electron chi connectivity index (χ1n) is 16.3. The zero-order valence-corrected chi connectivity index (χ0v) is 28.3. The van der Waals surface area contributed by atoms with Crippen molar-refractivity contribution in [1.29, 1.82) is 0 Å². The van der Waals surface area contributed by atoms with Gasteiger partial charge < -0.3 is 19.7 Å². The van der Waals surface area contributed by atoms with E-state index in [0.717, 1.165) is 47.5 Å². The van der Waals surface area contributed by atoms with Crippen molar-refractivity contribution in [3.05, 3.63) is 120 Å². The van der Waals surface area contributed by atoms with E-state index in [2.05, 4.69) is 5.32 Å². The van der Waals surface area contributed by atoms with Crippen molar-refractivity contribution in [3.63, 3.8) is 0 Å². The predicted molar refractivity (Wildman–Crippen MR) is 186 cm³/mol.